The van der Waals surface area contributed by atoms with Crippen LogP contribution >= 0.6 is 11.6 Å². The molecule has 1 atom stereocenters. The molecule has 1 fully saturated rings. The standard InChI is InChI=1S/C16H24ClFN2/c1-12(2)9-20(11-15-4-3-7-19-15)10-13-5-6-14(17)8-16(13)18/h5-6,8,12,15,19H,3-4,7,9-11H2,1-2H3. The molecule has 1 aliphatic heterocycles. The summed E-state index contributed by atoms with van der Waals surface area (Å²) in [6.07, 6.45) is 2.47. The van der Waals surface area contributed by atoms with Gasteiger partial charge >= 0.3 is 0 Å². The van der Waals surface area contributed by atoms with Crippen molar-refractivity contribution in [3.05, 3.63) is 34.6 Å². The Hall–Kier alpha value is -0.640. The summed E-state index contributed by atoms with van der Waals surface area (Å²) >= 11 is 5.81. The zero-order chi connectivity index (χ0) is 14.5. The maximum absolute atomic E-state index is 13.9. The van der Waals surface area contributed by atoms with Crippen LogP contribution in [-0.2, 0) is 6.54 Å². The Balaban J connectivity index is 2.01. The van der Waals surface area contributed by atoms with E-state index >= 15 is 0 Å². The number of nitrogens with one attached hydrogen (secondary N) is 1. The summed E-state index contributed by atoms with van der Waals surface area (Å²) in [6.45, 7) is 8.13. The molecule has 1 aliphatic rings. The van der Waals surface area contributed by atoms with Gasteiger partial charge in [-0.1, -0.05) is 31.5 Å². The van der Waals surface area contributed by atoms with Crippen molar-refractivity contribution in [2.24, 2.45) is 5.92 Å². The number of hydrogen-bond donors (Lipinski definition) is 1. The molecular formula is C16H24ClFN2. The highest BCUT2D eigenvalue weighted by Crippen LogP contribution is 2.18. The lowest BCUT2D eigenvalue weighted by atomic mass is 10.1. The van der Waals surface area contributed by atoms with Crippen molar-refractivity contribution in [2.75, 3.05) is 19.6 Å². The molecule has 0 saturated carbocycles. The molecule has 2 nitrogen and oxygen atoms in total. The van der Waals surface area contributed by atoms with Gasteiger partial charge in [0.25, 0.3) is 0 Å². The zero-order valence-corrected chi connectivity index (χ0v) is 13.1. The molecule has 0 radical (unpaired) electrons. The Morgan fingerprint density at radius 1 is 1.45 bits per heavy atom. The van der Waals surface area contributed by atoms with Crippen LogP contribution in [-0.4, -0.2) is 30.6 Å². The number of halogens is 2. The first-order chi connectivity index (χ1) is 9.54. The van der Waals surface area contributed by atoms with Crippen LogP contribution in [0.5, 0.6) is 0 Å². The Kier molecular flexibility index (Phi) is 5.82. The van der Waals surface area contributed by atoms with Crippen LogP contribution < -0.4 is 5.32 Å². The van der Waals surface area contributed by atoms with E-state index in [0.29, 0.717) is 23.5 Å². The molecule has 112 valence electrons. The summed E-state index contributed by atoms with van der Waals surface area (Å²) in [5.74, 6) is 0.373. The fourth-order valence-corrected chi connectivity index (χ4v) is 2.99. The Labute approximate surface area is 126 Å². The van der Waals surface area contributed by atoms with Crippen molar-refractivity contribution in [1.29, 1.82) is 0 Å². The van der Waals surface area contributed by atoms with Gasteiger partial charge in [0.15, 0.2) is 0 Å². The molecule has 2 rings (SSSR count). The lowest BCUT2D eigenvalue weighted by Crippen LogP contribution is -2.39. The molecule has 1 aromatic rings. The van der Waals surface area contributed by atoms with Crippen LogP contribution in [0.1, 0.15) is 32.3 Å². The molecule has 0 aliphatic carbocycles. The first-order valence-corrected chi connectivity index (χ1v) is 7.82. The largest absolute Gasteiger partial charge is 0.313 e. The number of nitrogens with zero attached hydrogens (tertiary/aromatic N) is 1. The summed E-state index contributed by atoms with van der Waals surface area (Å²) in [7, 11) is 0. The van der Waals surface area contributed by atoms with Gasteiger partial charge < -0.3 is 5.32 Å². The van der Waals surface area contributed by atoms with Crippen LogP contribution in [0.4, 0.5) is 4.39 Å². The van der Waals surface area contributed by atoms with Gasteiger partial charge in [-0.3, -0.25) is 4.90 Å². The van der Waals surface area contributed by atoms with Gasteiger partial charge in [0.05, 0.1) is 0 Å². The van der Waals surface area contributed by atoms with Crippen LogP contribution in [0.2, 0.25) is 5.02 Å². The van der Waals surface area contributed by atoms with Gasteiger partial charge in [0, 0.05) is 36.3 Å². The second kappa shape index (κ2) is 7.39. The van der Waals surface area contributed by atoms with Gasteiger partial charge in [-0.25, -0.2) is 4.39 Å². The second-order valence-corrected chi connectivity index (χ2v) is 6.55. The van der Waals surface area contributed by atoms with E-state index in [1.54, 1.807) is 12.1 Å². The van der Waals surface area contributed by atoms with Crippen molar-refractivity contribution in [2.45, 2.75) is 39.3 Å². The van der Waals surface area contributed by atoms with Crippen molar-refractivity contribution in [3.8, 4) is 0 Å². The average molecular weight is 299 g/mol. The van der Waals surface area contributed by atoms with E-state index in [1.165, 1.54) is 18.9 Å². The Morgan fingerprint density at radius 3 is 2.85 bits per heavy atom. The Bertz CT molecular complexity index is 430. The molecule has 1 N–H and O–H groups in total. The van der Waals surface area contributed by atoms with Crippen molar-refractivity contribution in [1.82, 2.24) is 10.2 Å². The molecule has 1 aromatic carbocycles. The minimum absolute atomic E-state index is 0.203. The zero-order valence-electron chi connectivity index (χ0n) is 12.3. The highest BCUT2D eigenvalue weighted by atomic mass is 35.5. The van der Waals surface area contributed by atoms with Gasteiger partial charge in [0.2, 0.25) is 0 Å². The lowest BCUT2D eigenvalue weighted by Gasteiger charge is -2.27. The SMILES string of the molecule is CC(C)CN(Cc1ccc(Cl)cc1F)CC1CCCN1. The molecule has 0 aromatic heterocycles. The van der Waals surface area contributed by atoms with E-state index < -0.39 is 0 Å². The maximum Gasteiger partial charge on any atom is 0.129 e. The monoisotopic (exact) mass is 298 g/mol. The van der Waals surface area contributed by atoms with Crippen molar-refractivity contribution < 1.29 is 4.39 Å². The van der Waals surface area contributed by atoms with E-state index in [4.69, 9.17) is 11.6 Å². The third-order valence-corrected chi connectivity index (χ3v) is 3.91. The summed E-state index contributed by atoms with van der Waals surface area (Å²) in [5, 5.41) is 3.97. The third-order valence-electron chi connectivity index (χ3n) is 3.67. The molecule has 20 heavy (non-hydrogen) atoms. The first kappa shape index (κ1) is 15.7. The van der Waals surface area contributed by atoms with E-state index in [2.05, 4.69) is 24.1 Å². The predicted octanol–water partition coefficient (Wildman–Crippen LogP) is 3.69. The molecule has 4 heteroatoms. The number of benzene rings is 1. The minimum Gasteiger partial charge on any atom is -0.313 e. The van der Waals surface area contributed by atoms with Crippen LogP contribution in [0.15, 0.2) is 18.2 Å². The van der Waals surface area contributed by atoms with Gasteiger partial charge in [-0.15, -0.1) is 0 Å². The highest BCUT2D eigenvalue weighted by Gasteiger charge is 2.19. The maximum atomic E-state index is 13.9. The normalized spacial score (nSPS) is 19.2. The van der Waals surface area contributed by atoms with Gasteiger partial charge in [0.1, 0.15) is 5.82 Å². The molecule has 1 heterocycles. The molecule has 1 saturated heterocycles. The van der Waals surface area contributed by atoms with Crippen molar-refractivity contribution in [3.63, 3.8) is 0 Å². The number of rotatable bonds is 6. The summed E-state index contributed by atoms with van der Waals surface area (Å²) in [6, 6.07) is 5.51. The fourth-order valence-electron chi connectivity index (χ4n) is 2.84. The smallest absolute Gasteiger partial charge is 0.129 e. The van der Waals surface area contributed by atoms with E-state index in [0.717, 1.165) is 25.2 Å². The van der Waals surface area contributed by atoms with Crippen molar-refractivity contribution >= 4 is 11.6 Å². The molecule has 0 spiro atoms. The molecule has 1 unspecified atom stereocenters. The Morgan fingerprint density at radius 2 is 2.25 bits per heavy atom. The topological polar surface area (TPSA) is 15.3 Å². The lowest BCUT2D eigenvalue weighted by molar-refractivity contribution is 0.213. The van der Waals surface area contributed by atoms with Gasteiger partial charge in [-0.2, -0.15) is 0 Å². The summed E-state index contributed by atoms with van der Waals surface area (Å²) in [4.78, 5) is 2.35. The summed E-state index contributed by atoms with van der Waals surface area (Å²) in [5.41, 5.74) is 0.730. The minimum atomic E-state index is -0.203. The van der Waals surface area contributed by atoms with E-state index in [1.807, 2.05) is 0 Å². The van der Waals surface area contributed by atoms with Gasteiger partial charge in [-0.05, 0) is 37.4 Å². The fraction of sp³-hybridized carbons (Fsp3) is 0.625. The average Bonchev–Trinajstić information content (AvgIpc) is 2.84. The molecule has 0 bridgehead atoms. The van der Waals surface area contributed by atoms with Crippen LogP contribution in [0.25, 0.3) is 0 Å². The van der Waals surface area contributed by atoms with Crippen LogP contribution in [0.3, 0.4) is 0 Å². The van der Waals surface area contributed by atoms with E-state index in [-0.39, 0.29) is 5.82 Å². The molecule has 0 amide bonds. The summed E-state index contributed by atoms with van der Waals surface area (Å²) < 4.78 is 13.9. The van der Waals surface area contributed by atoms with Crippen LogP contribution in [0, 0.1) is 11.7 Å². The predicted molar refractivity (Wildman–Crippen MR) is 82.5 cm³/mol. The highest BCUT2D eigenvalue weighted by molar-refractivity contribution is 6.30. The second-order valence-electron chi connectivity index (χ2n) is 6.12. The first-order valence-electron chi connectivity index (χ1n) is 7.44. The van der Waals surface area contributed by atoms with E-state index in [9.17, 15) is 4.39 Å². The third kappa shape index (κ3) is 4.72. The molecular weight excluding hydrogens is 275 g/mol. The quantitative estimate of drug-likeness (QED) is 0.862. The number of hydrogen-bond acceptors (Lipinski definition) is 2.